The highest BCUT2D eigenvalue weighted by atomic mass is 32.2. The van der Waals surface area contributed by atoms with Crippen LogP contribution in [0.25, 0.3) is 0 Å². The van der Waals surface area contributed by atoms with E-state index < -0.39 is 19.7 Å². The van der Waals surface area contributed by atoms with Crippen LogP contribution in [0.5, 0.6) is 0 Å². The molecule has 1 rings (SSSR count). The van der Waals surface area contributed by atoms with E-state index in [0.717, 1.165) is 18.5 Å². The molecule has 0 saturated carbocycles. The molecule has 0 aliphatic rings. The molecule has 0 fully saturated rings. The van der Waals surface area contributed by atoms with Gasteiger partial charge in [-0.2, -0.15) is 0 Å². The normalized spacial score (nSPS) is 15.9. The van der Waals surface area contributed by atoms with E-state index in [0.29, 0.717) is 6.61 Å². The third kappa shape index (κ3) is 7.79. The quantitative estimate of drug-likeness (QED) is 0.531. The molecule has 0 unspecified atom stereocenters. The third-order valence-electron chi connectivity index (χ3n) is 4.75. The number of nitrogens with zero attached hydrogens (tertiary/aromatic N) is 1. The summed E-state index contributed by atoms with van der Waals surface area (Å²) in [5, 5.41) is 0.200. The average Bonchev–Trinajstić information content (AvgIpc) is 2.45. The second kappa shape index (κ2) is 9.00. The molecule has 1 aromatic heterocycles. The van der Waals surface area contributed by atoms with Crippen LogP contribution >= 0.6 is 0 Å². The Hall–Kier alpha value is -0.403. The summed E-state index contributed by atoms with van der Waals surface area (Å²) in [6.07, 6.45) is 3.38. The zero-order valence-electron chi connectivity index (χ0n) is 17.2. The van der Waals surface area contributed by atoms with E-state index in [1.165, 1.54) is 0 Å². The number of aromatic nitrogens is 1. The molecule has 0 aliphatic carbocycles. The summed E-state index contributed by atoms with van der Waals surface area (Å²) in [5.41, 5.74) is 1.01. The summed E-state index contributed by atoms with van der Waals surface area (Å²) in [5.74, 6) is 0. The van der Waals surface area contributed by atoms with Crippen molar-refractivity contribution in [2.75, 3.05) is 6.61 Å². The lowest BCUT2D eigenvalue weighted by Gasteiger charge is -2.36. The number of hydrogen-bond acceptors (Lipinski definition) is 4. The molecule has 0 radical (unpaired) electrons. The molecule has 1 heterocycles. The second-order valence-corrected chi connectivity index (χ2v) is 15.9. The first-order valence-corrected chi connectivity index (χ1v) is 13.1. The van der Waals surface area contributed by atoms with E-state index in [2.05, 4.69) is 43.6 Å². The van der Waals surface area contributed by atoms with Crippen molar-refractivity contribution < 1.29 is 8.98 Å². The Balaban J connectivity index is 2.71. The van der Waals surface area contributed by atoms with Gasteiger partial charge < -0.3 is 8.98 Å². The molecular formula is C19H36N2O2SSi. The lowest BCUT2D eigenvalue weighted by atomic mass is 10.1. The third-order valence-corrected chi connectivity index (χ3v) is 10.9. The molecule has 25 heavy (non-hydrogen) atoms. The fourth-order valence-corrected chi connectivity index (χ4v) is 3.89. The first-order chi connectivity index (χ1) is 11.3. The Morgan fingerprint density at radius 2 is 1.84 bits per heavy atom. The van der Waals surface area contributed by atoms with Gasteiger partial charge in [-0.05, 0) is 57.5 Å². The van der Waals surface area contributed by atoms with E-state index in [1.807, 2.05) is 39.0 Å². The van der Waals surface area contributed by atoms with Gasteiger partial charge in [0.2, 0.25) is 0 Å². The Kier molecular flexibility index (Phi) is 8.15. The van der Waals surface area contributed by atoms with Gasteiger partial charge in [-0.15, -0.1) is 4.72 Å². The zero-order chi connectivity index (χ0) is 19.3. The highest BCUT2D eigenvalue weighted by Crippen LogP contribution is 2.36. The topological polar surface area (TPSA) is 57.2 Å². The van der Waals surface area contributed by atoms with Crippen LogP contribution in [0.1, 0.15) is 53.7 Å². The van der Waals surface area contributed by atoms with E-state index in [9.17, 15) is 4.55 Å². The Morgan fingerprint density at radius 3 is 2.32 bits per heavy atom. The van der Waals surface area contributed by atoms with Gasteiger partial charge in [0.15, 0.2) is 8.32 Å². The van der Waals surface area contributed by atoms with E-state index in [4.69, 9.17) is 4.43 Å². The molecule has 4 nitrogen and oxygen atoms in total. The summed E-state index contributed by atoms with van der Waals surface area (Å²) in [7, 11) is -1.76. The Labute approximate surface area is 158 Å². The monoisotopic (exact) mass is 384 g/mol. The molecule has 0 bridgehead atoms. The first kappa shape index (κ1) is 22.6. The van der Waals surface area contributed by atoms with Crippen molar-refractivity contribution in [1.29, 1.82) is 0 Å². The molecule has 6 heteroatoms. The van der Waals surface area contributed by atoms with Crippen molar-refractivity contribution in [3.05, 3.63) is 30.1 Å². The van der Waals surface area contributed by atoms with Crippen molar-refractivity contribution >= 4 is 19.7 Å². The molecule has 144 valence electrons. The number of nitrogens with one attached hydrogen (secondary N) is 1. The van der Waals surface area contributed by atoms with Gasteiger partial charge in [0.1, 0.15) is 4.75 Å². The van der Waals surface area contributed by atoms with Crippen LogP contribution in [0.3, 0.4) is 0 Å². The maximum atomic E-state index is 12.5. The van der Waals surface area contributed by atoms with Gasteiger partial charge in [0, 0.05) is 36.3 Å². The molecule has 0 aliphatic heterocycles. The first-order valence-electron chi connectivity index (χ1n) is 9.05. The van der Waals surface area contributed by atoms with Crippen LogP contribution in [0.2, 0.25) is 18.1 Å². The maximum Gasteiger partial charge on any atom is 0.191 e. The minimum atomic E-state index is -1.76. The molecule has 1 N–H and O–H groups in total. The van der Waals surface area contributed by atoms with Crippen LogP contribution in [0, 0.1) is 0 Å². The molecule has 0 amide bonds. The Bertz CT molecular complexity index is 512. The van der Waals surface area contributed by atoms with Crippen LogP contribution in [0.4, 0.5) is 0 Å². The van der Waals surface area contributed by atoms with Crippen molar-refractivity contribution in [1.82, 2.24) is 9.71 Å². The average molecular weight is 385 g/mol. The van der Waals surface area contributed by atoms with Gasteiger partial charge in [0.25, 0.3) is 0 Å². The lowest BCUT2D eigenvalue weighted by molar-refractivity contribution is 0.267. The summed E-state index contributed by atoms with van der Waals surface area (Å²) < 4.78 is 21.8. The van der Waals surface area contributed by atoms with E-state index in [-0.39, 0.29) is 15.8 Å². The van der Waals surface area contributed by atoms with Crippen molar-refractivity contribution in [2.24, 2.45) is 0 Å². The minimum absolute atomic E-state index is 0.0831. The van der Waals surface area contributed by atoms with Crippen LogP contribution in [-0.4, -0.2) is 35.2 Å². The molecule has 1 aromatic rings. The van der Waals surface area contributed by atoms with Gasteiger partial charge in [-0.1, -0.05) is 26.8 Å². The highest BCUT2D eigenvalue weighted by Gasteiger charge is 2.37. The summed E-state index contributed by atoms with van der Waals surface area (Å²) in [6.45, 7) is 17.9. The van der Waals surface area contributed by atoms with E-state index in [1.54, 1.807) is 6.20 Å². The highest BCUT2D eigenvalue weighted by molar-refractivity contribution is 7.90. The van der Waals surface area contributed by atoms with Crippen molar-refractivity contribution in [3.63, 3.8) is 0 Å². The van der Waals surface area contributed by atoms with Gasteiger partial charge in [-0.3, -0.25) is 4.98 Å². The summed E-state index contributed by atoms with van der Waals surface area (Å²) in [6, 6.07) is 6.01. The predicted molar refractivity (Wildman–Crippen MR) is 111 cm³/mol. The predicted octanol–water partition coefficient (Wildman–Crippen LogP) is 4.46. The van der Waals surface area contributed by atoms with Gasteiger partial charge >= 0.3 is 0 Å². The number of pyridine rings is 1. The largest absolute Gasteiger partial charge is 0.598 e. The van der Waals surface area contributed by atoms with Crippen LogP contribution in [-0.2, 0) is 22.2 Å². The van der Waals surface area contributed by atoms with Crippen molar-refractivity contribution in [2.45, 2.75) is 83.3 Å². The Morgan fingerprint density at radius 1 is 1.20 bits per heavy atom. The number of rotatable bonds is 8. The summed E-state index contributed by atoms with van der Waals surface area (Å²) in [4.78, 5) is 4.41. The molecule has 0 aromatic carbocycles. The minimum Gasteiger partial charge on any atom is -0.598 e. The fourth-order valence-electron chi connectivity index (χ4n) is 1.97. The van der Waals surface area contributed by atoms with Gasteiger partial charge in [0.05, 0.1) is 6.04 Å². The van der Waals surface area contributed by atoms with Crippen LogP contribution in [0.15, 0.2) is 24.4 Å². The number of hydrogen-bond donors (Lipinski definition) is 1. The second-order valence-electron chi connectivity index (χ2n) is 9.12. The molecular weight excluding hydrogens is 348 g/mol. The maximum absolute atomic E-state index is 12.5. The van der Waals surface area contributed by atoms with E-state index >= 15 is 0 Å². The molecule has 0 saturated heterocycles. The lowest BCUT2D eigenvalue weighted by Crippen LogP contribution is -2.47. The standard InChI is InChI=1S/C19H36N2O2SSi/c1-18(2,3)24(22)21-17(15-16-11-9-10-13-20-16)12-14-23-25(7,8)19(4,5)6/h9-11,13,17,21H,12,14-15H2,1-8H3/t17-,24+/m1/s1. The van der Waals surface area contributed by atoms with Crippen LogP contribution < -0.4 is 4.72 Å². The summed E-state index contributed by atoms with van der Waals surface area (Å²) >= 11 is -1.10. The smallest absolute Gasteiger partial charge is 0.191 e. The fraction of sp³-hybridized carbons (Fsp3) is 0.737. The van der Waals surface area contributed by atoms with Crippen molar-refractivity contribution in [3.8, 4) is 0 Å². The van der Waals surface area contributed by atoms with Gasteiger partial charge in [-0.25, -0.2) is 0 Å². The molecule has 0 spiro atoms. The zero-order valence-corrected chi connectivity index (χ0v) is 19.0. The molecule has 2 atom stereocenters. The SMILES string of the molecule is CC(C)(C)[S@+]([O-])N[C@H](CCO[Si](C)(C)C(C)(C)C)Cc1ccccn1.